The second-order valence-corrected chi connectivity index (χ2v) is 17.7. The number of anilines is 6. The van der Waals surface area contributed by atoms with Crippen molar-refractivity contribution < 1.29 is 0 Å². The van der Waals surface area contributed by atoms with E-state index in [-0.39, 0.29) is 6.71 Å². The summed E-state index contributed by atoms with van der Waals surface area (Å²) in [5.41, 5.74) is 15.8. The number of hydrogen-bond acceptors (Lipinski definition) is 2. The van der Waals surface area contributed by atoms with E-state index in [1.54, 1.807) is 0 Å². The fraction of sp³-hybridized carbons (Fsp3) is 0.0667. The van der Waals surface area contributed by atoms with Gasteiger partial charge >= 0.3 is 0 Å². The Labute approximate surface area is 290 Å². The molecule has 0 atom stereocenters. The van der Waals surface area contributed by atoms with E-state index in [1.165, 1.54) is 87.9 Å². The molecule has 0 aliphatic carbocycles. The van der Waals surface area contributed by atoms with Crippen LogP contribution in [0.3, 0.4) is 0 Å². The summed E-state index contributed by atoms with van der Waals surface area (Å²) in [6.07, 6.45) is 0. The molecule has 7 aromatic carbocycles. The quantitative estimate of drug-likeness (QED) is 0.206. The molecule has 0 radical (unpaired) electrons. The Hall–Kier alpha value is -5.58. The normalized spacial score (nSPS) is 14.5. The van der Waals surface area contributed by atoms with Crippen molar-refractivity contribution in [3.8, 4) is 0 Å². The molecule has 3 aliphatic heterocycles. The molecule has 0 spiro atoms. The fourth-order valence-electron chi connectivity index (χ4n) is 9.29. The van der Waals surface area contributed by atoms with E-state index < -0.39 is 8.07 Å². The van der Waals surface area contributed by atoms with E-state index in [1.807, 2.05) is 0 Å². The highest BCUT2D eigenvalue weighted by Gasteiger charge is 2.56. The van der Waals surface area contributed by atoms with E-state index >= 15 is 0 Å². The van der Waals surface area contributed by atoms with Gasteiger partial charge in [0, 0.05) is 34.1 Å². The lowest BCUT2D eigenvalue weighted by atomic mass is 9.33. The highest BCUT2D eigenvalue weighted by molar-refractivity contribution is 7.27. The van der Waals surface area contributed by atoms with Crippen LogP contribution in [0.25, 0.3) is 0 Å². The molecule has 0 bridgehead atoms. The van der Waals surface area contributed by atoms with Crippen LogP contribution in [0, 0.1) is 20.8 Å². The van der Waals surface area contributed by atoms with Crippen LogP contribution in [-0.2, 0) is 0 Å². The van der Waals surface area contributed by atoms with Gasteiger partial charge in [0.25, 0.3) is 6.71 Å². The first-order chi connectivity index (χ1) is 24.1. The Bertz CT molecular complexity index is 2260. The van der Waals surface area contributed by atoms with Gasteiger partial charge in [-0.3, -0.25) is 0 Å². The van der Waals surface area contributed by atoms with E-state index in [0.29, 0.717) is 0 Å². The first kappa shape index (κ1) is 28.4. The summed E-state index contributed by atoms with van der Waals surface area (Å²) in [6.45, 7) is 6.96. The highest BCUT2D eigenvalue weighted by atomic mass is 28.3. The van der Waals surface area contributed by atoms with Crippen molar-refractivity contribution in [1.82, 2.24) is 0 Å². The summed E-state index contributed by atoms with van der Waals surface area (Å²) in [5, 5.41) is 5.89. The maximum absolute atomic E-state index is 2.84. The van der Waals surface area contributed by atoms with Crippen molar-refractivity contribution in [2.45, 2.75) is 20.8 Å². The van der Waals surface area contributed by atoms with Crippen LogP contribution in [0.5, 0.6) is 0 Å². The molecule has 0 unspecified atom stereocenters. The third-order valence-electron chi connectivity index (χ3n) is 11.0. The molecule has 0 fully saturated rings. The van der Waals surface area contributed by atoms with Crippen molar-refractivity contribution in [2.75, 3.05) is 9.80 Å². The fourth-order valence-corrected chi connectivity index (χ4v) is 14.8. The first-order valence-electron chi connectivity index (χ1n) is 17.3. The molecular weight excluding hydrogens is 607 g/mol. The summed E-state index contributed by atoms with van der Waals surface area (Å²) >= 11 is 0. The molecule has 2 nitrogen and oxygen atoms in total. The van der Waals surface area contributed by atoms with Crippen LogP contribution in [0.2, 0.25) is 0 Å². The van der Waals surface area contributed by atoms with E-state index in [9.17, 15) is 0 Å². The Morgan fingerprint density at radius 3 is 1.10 bits per heavy atom. The van der Waals surface area contributed by atoms with Crippen molar-refractivity contribution in [3.63, 3.8) is 0 Å². The molecule has 3 heterocycles. The molecular formula is C45H35BN2Si. The highest BCUT2D eigenvalue weighted by Crippen LogP contribution is 2.45. The predicted molar refractivity (Wildman–Crippen MR) is 212 cm³/mol. The van der Waals surface area contributed by atoms with Gasteiger partial charge in [0.15, 0.2) is 8.07 Å². The SMILES string of the molecule is Cc1cc2c3c(c1)N(c1ccccc1)c1cc(C)cc4c1B3c1c(cc(C)cc1[Si]4(c1ccccc1)c1ccccc1)N2c1ccccc1. The zero-order valence-corrected chi connectivity index (χ0v) is 29.0. The average molecular weight is 643 g/mol. The molecule has 0 N–H and O–H groups in total. The maximum atomic E-state index is 2.57. The third-order valence-corrected chi connectivity index (χ3v) is 15.8. The Kier molecular flexibility index (Phi) is 6.07. The molecule has 49 heavy (non-hydrogen) atoms. The van der Waals surface area contributed by atoms with Gasteiger partial charge in [-0.25, -0.2) is 0 Å². The van der Waals surface area contributed by atoms with E-state index in [0.717, 1.165) is 0 Å². The average Bonchev–Trinajstić information content (AvgIpc) is 3.13. The number of para-hydroxylation sites is 2. The minimum atomic E-state index is -2.84. The van der Waals surface area contributed by atoms with Crippen molar-refractivity contribution >= 4 is 86.0 Å². The number of rotatable bonds is 4. The van der Waals surface area contributed by atoms with Gasteiger partial charge in [-0.1, -0.05) is 109 Å². The van der Waals surface area contributed by atoms with Crippen LogP contribution in [0.4, 0.5) is 34.1 Å². The summed E-state index contributed by atoms with van der Waals surface area (Å²) in [6, 6.07) is 59.8. The smallest absolute Gasteiger partial charge is 0.251 e. The molecule has 3 aliphatic rings. The summed E-state index contributed by atoms with van der Waals surface area (Å²) in [5.74, 6) is 0. The van der Waals surface area contributed by atoms with Gasteiger partial charge in [-0.15, -0.1) is 0 Å². The first-order valence-corrected chi connectivity index (χ1v) is 19.3. The van der Waals surface area contributed by atoms with Gasteiger partial charge < -0.3 is 9.80 Å². The zero-order chi connectivity index (χ0) is 32.9. The second kappa shape index (κ2) is 10.5. The molecule has 232 valence electrons. The van der Waals surface area contributed by atoms with Gasteiger partial charge in [0.1, 0.15) is 0 Å². The van der Waals surface area contributed by atoms with Gasteiger partial charge in [-0.05, 0) is 123 Å². The standard InChI is InChI=1S/C45H35BN2Si/c1-30-24-37-43-38(25-30)48(34-18-10-5-11-19-34)40-27-32(3)29-42-45(40)46(43)44-39(47(37)33-16-8-4-9-17-33)26-31(2)28-41(44)49(42,35-20-12-6-13-21-35)36-22-14-7-15-23-36/h4-29H,1-3H3. The Morgan fingerprint density at radius 1 is 0.388 bits per heavy atom. The molecule has 4 heteroatoms. The molecule has 0 saturated carbocycles. The van der Waals surface area contributed by atoms with Crippen molar-refractivity contribution in [1.29, 1.82) is 0 Å². The van der Waals surface area contributed by atoms with Crippen LogP contribution in [-0.4, -0.2) is 14.8 Å². The maximum Gasteiger partial charge on any atom is 0.251 e. The van der Waals surface area contributed by atoms with Gasteiger partial charge in [-0.2, -0.15) is 0 Å². The van der Waals surface area contributed by atoms with E-state index in [4.69, 9.17) is 0 Å². The lowest BCUT2D eigenvalue weighted by molar-refractivity contribution is 1.23. The minimum Gasteiger partial charge on any atom is -0.311 e. The number of benzene rings is 7. The van der Waals surface area contributed by atoms with Crippen LogP contribution < -0.4 is 46.9 Å². The molecule has 7 aromatic rings. The van der Waals surface area contributed by atoms with Crippen LogP contribution >= 0.6 is 0 Å². The van der Waals surface area contributed by atoms with Crippen LogP contribution in [0.15, 0.2) is 158 Å². The monoisotopic (exact) mass is 642 g/mol. The molecule has 10 rings (SSSR count). The van der Waals surface area contributed by atoms with Gasteiger partial charge in [0.2, 0.25) is 0 Å². The van der Waals surface area contributed by atoms with Gasteiger partial charge in [0.05, 0.1) is 0 Å². The summed E-state index contributed by atoms with van der Waals surface area (Å²) in [4.78, 5) is 5.13. The molecule has 0 amide bonds. The lowest BCUT2D eigenvalue weighted by Crippen LogP contribution is -2.88. The lowest BCUT2D eigenvalue weighted by Gasteiger charge is -2.52. The zero-order valence-electron chi connectivity index (χ0n) is 28.0. The van der Waals surface area contributed by atoms with E-state index in [2.05, 4.69) is 188 Å². The Balaban J connectivity index is 1.46. The number of aryl methyl sites for hydroxylation is 3. The molecule has 0 aromatic heterocycles. The number of hydrogen-bond donors (Lipinski definition) is 0. The minimum absolute atomic E-state index is 0.120. The molecule has 0 saturated heterocycles. The summed E-state index contributed by atoms with van der Waals surface area (Å²) in [7, 11) is -2.84. The topological polar surface area (TPSA) is 6.48 Å². The van der Waals surface area contributed by atoms with Crippen molar-refractivity contribution in [3.05, 3.63) is 174 Å². The second-order valence-electron chi connectivity index (χ2n) is 14.0. The van der Waals surface area contributed by atoms with Crippen molar-refractivity contribution in [2.24, 2.45) is 0 Å². The predicted octanol–water partition coefficient (Wildman–Crippen LogP) is 6.39. The van der Waals surface area contributed by atoms with Crippen LogP contribution in [0.1, 0.15) is 16.7 Å². The Morgan fingerprint density at radius 2 is 0.714 bits per heavy atom. The number of nitrogens with zero attached hydrogens (tertiary/aromatic N) is 2. The third kappa shape index (κ3) is 3.84. The largest absolute Gasteiger partial charge is 0.311 e. The summed E-state index contributed by atoms with van der Waals surface area (Å²) < 4.78 is 0.